The van der Waals surface area contributed by atoms with Gasteiger partial charge in [0.15, 0.2) is 0 Å². The minimum Gasteiger partial charge on any atom is -0.466 e. The van der Waals surface area contributed by atoms with E-state index in [1.807, 2.05) is 0 Å². The fourth-order valence-electron chi connectivity index (χ4n) is 11.3. The van der Waals surface area contributed by atoms with Gasteiger partial charge in [-0.3, -0.25) is 9.59 Å². The maximum absolute atomic E-state index is 12.5. The molecule has 0 aliphatic carbocycles. The van der Waals surface area contributed by atoms with E-state index in [1.165, 1.54) is 321 Å². The maximum atomic E-state index is 12.5. The summed E-state index contributed by atoms with van der Waals surface area (Å²) < 4.78 is 5.49. The lowest BCUT2D eigenvalue weighted by molar-refractivity contribution is -0.143. The largest absolute Gasteiger partial charge is 0.466 e. The molecule has 6 nitrogen and oxygen atoms in total. The molecule has 0 radical (unpaired) electrons. The summed E-state index contributed by atoms with van der Waals surface area (Å²) in [7, 11) is 0. The molecule has 2 unspecified atom stereocenters. The molecule has 3 N–H and O–H groups in total. The second-order valence-corrected chi connectivity index (χ2v) is 24.6. The van der Waals surface area contributed by atoms with Gasteiger partial charge in [0.05, 0.1) is 25.4 Å². The molecule has 1 amide bonds. The van der Waals surface area contributed by atoms with Crippen molar-refractivity contribution in [1.29, 1.82) is 0 Å². The van der Waals surface area contributed by atoms with E-state index in [2.05, 4.69) is 43.5 Å². The molecule has 0 saturated carbocycles. The van der Waals surface area contributed by atoms with Crippen LogP contribution in [0.15, 0.2) is 24.3 Å². The summed E-state index contributed by atoms with van der Waals surface area (Å²) in [6.07, 6.45) is 85.2. The molecular formula is C72H139NO5. The van der Waals surface area contributed by atoms with Gasteiger partial charge in [0, 0.05) is 12.8 Å². The summed E-state index contributed by atoms with van der Waals surface area (Å²) in [5.74, 6) is -0.0196. The van der Waals surface area contributed by atoms with E-state index >= 15 is 0 Å². The Morgan fingerprint density at radius 1 is 0.346 bits per heavy atom. The minimum atomic E-state index is -0.662. The molecule has 2 atom stereocenters. The van der Waals surface area contributed by atoms with Gasteiger partial charge in [-0.05, 0) is 77.0 Å². The molecule has 0 aromatic heterocycles. The van der Waals surface area contributed by atoms with Crippen LogP contribution in [0.1, 0.15) is 399 Å². The third-order valence-electron chi connectivity index (χ3n) is 16.7. The Balaban J connectivity index is 3.35. The molecule has 0 saturated heterocycles. The quantitative estimate of drug-likeness (QED) is 0.0320. The SMILES string of the molecule is CCCCCCCC/C=C\CCCCCCCC(=O)OCCCCCCCCCCCCCC/C=C\CCCCCCCCCCCCCCCCCC(=O)NC(CO)C(O)CCCCCCCCCCCCCCCCC. The fraction of sp³-hybridized carbons (Fsp3) is 0.917. The first kappa shape index (κ1) is 76.3. The fourth-order valence-corrected chi connectivity index (χ4v) is 11.3. The third kappa shape index (κ3) is 63.5. The molecular weight excluding hydrogens is 959 g/mol. The van der Waals surface area contributed by atoms with Crippen LogP contribution in [0, 0.1) is 0 Å². The molecule has 0 spiro atoms. The highest BCUT2D eigenvalue weighted by molar-refractivity contribution is 5.76. The molecule has 462 valence electrons. The zero-order valence-corrected chi connectivity index (χ0v) is 52.9. The van der Waals surface area contributed by atoms with E-state index in [4.69, 9.17) is 4.74 Å². The number of esters is 1. The summed E-state index contributed by atoms with van der Waals surface area (Å²) in [6.45, 7) is 4.98. The van der Waals surface area contributed by atoms with Crippen molar-refractivity contribution in [3.8, 4) is 0 Å². The first-order valence-corrected chi connectivity index (χ1v) is 35.6. The van der Waals surface area contributed by atoms with Crippen molar-refractivity contribution >= 4 is 11.9 Å². The van der Waals surface area contributed by atoms with Gasteiger partial charge in [-0.1, -0.05) is 334 Å². The second-order valence-electron chi connectivity index (χ2n) is 24.6. The molecule has 6 heteroatoms. The van der Waals surface area contributed by atoms with E-state index in [0.29, 0.717) is 25.9 Å². The van der Waals surface area contributed by atoms with Crippen molar-refractivity contribution in [2.24, 2.45) is 0 Å². The summed E-state index contributed by atoms with van der Waals surface area (Å²) in [4.78, 5) is 24.6. The Hall–Kier alpha value is -1.66. The smallest absolute Gasteiger partial charge is 0.305 e. The van der Waals surface area contributed by atoms with Gasteiger partial charge < -0.3 is 20.3 Å². The molecule has 0 aromatic rings. The van der Waals surface area contributed by atoms with E-state index in [1.54, 1.807) is 0 Å². The lowest BCUT2D eigenvalue weighted by Gasteiger charge is -2.22. The first-order valence-electron chi connectivity index (χ1n) is 35.6. The average Bonchev–Trinajstić information content (AvgIpc) is 3.44. The van der Waals surface area contributed by atoms with Gasteiger partial charge in [0.25, 0.3) is 0 Å². The minimum absolute atomic E-state index is 0.0104. The number of carbonyl (C=O) groups is 2. The van der Waals surface area contributed by atoms with Crippen molar-refractivity contribution in [2.45, 2.75) is 411 Å². The number of hydrogen-bond acceptors (Lipinski definition) is 5. The van der Waals surface area contributed by atoms with Crippen LogP contribution < -0.4 is 5.32 Å². The van der Waals surface area contributed by atoms with Crippen molar-refractivity contribution < 1.29 is 24.5 Å². The number of unbranched alkanes of at least 4 members (excludes halogenated alkanes) is 52. The number of ether oxygens (including phenoxy) is 1. The van der Waals surface area contributed by atoms with Crippen molar-refractivity contribution in [1.82, 2.24) is 5.32 Å². The van der Waals surface area contributed by atoms with Crippen molar-refractivity contribution in [3.05, 3.63) is 24.3 Å². The number of nitrogens with one attached hydrogen (secondary N) is 1. The van der Waals surface area contributed by atoms with Crippen LogP contribution in [0.2, 0.25) is 0 Å². The number of aliphatic hydroxyl groups excluding tert-OH is 2. The van der Waals surface area contributed by atoms with Crippen LogP contribution in [0.3, 0.4) is 0 Å². The van der Waals surface area contributed by atoms with Crippen LogP contribution in [0.4, 0.5) is 0 Å². The van der Waals surface area contributed by atoms with Crippen molar-refractivity contribution in [2.75, 3.05) is 13.2 Å². The Kier molecular flexibility index (Phi) is 66.4. The van der Waals surface area contributed by atoms with Crippen LogP contribution in [-0.4, -0.2) is 47.4 Å². The molecule has 0 aliphatic rings. The van der Waals surface area contributed by atoms with E-state index < -0.39 is 12.1 Å². The van der Waals surface area contributed by atoms with Crippen LogP contribution in [0.5, 0.6) is 0 Å². The molecule has 78 heavy (non-hydrogen) atoms. The Labute approximate surface area is 488 Å². The third-order valence-corrected chi connectivity index (χ3v) is 16.7. The topological polar surface area (TPSA) is 95.9 Å². The normalized spacial score (nSPS) is 12.6. The van der Waals surface area contributed by atoms with E-state index in [-0.39, 0.29) is 18.5 Å². The van der Waals surface area contributed by atoms with Gasteiger partial charge in [0.2, 0.25) is 5.91 Å². The van der Waals surface area contributed by atoms with E-state index in [9.17, 15) is 19.8 Å². The van der Waals surface area contributed by atoms with Gasteiger partial charge in [0.1, 0.15) is 0 Å². The number of allylic oxidation sites excluding steroid dienone is 4. The molecule has 0 aliphatic heterocycles. The molecule has 0 rings (SSSR count). The number of aliphatic hydroxyl groups is 2. The second kappa shape index (κ2) is 67.8. The summed E-state index contributed by atoms with van der Waals surface area (Å²) >= 11 is 0. The molecule has 0 heterocycles. The predicted molar refractivity (Wildman–Crippen MR) is 343 cm³/mol. The molecule has 0 fully saturated rings. The van der Waals surface area contributed by atoms with E-state index in [0.717, 1.165) is 44.9 Å². The van der Waals surface area contributed by atoms with Gasteiger partial charge >= 0.3 is 5.97 Å². The van der Waals surface area contributed by atoms with Gasteiger partial charge in [-0.25, -0.2) is 0 Å². The van der Waals surface area contributed by atoms with Crippen LogP contribution >= 0.6 is 0 Å². The summed E-state index contributed by atoms with van der Waals surface area (Å²) in [5.41, 5.74) is 0. The zero-order chi connectivity index (χ0) is 56.4. The monoisotopic (exact) mass is 1100 g/mol. The Morgan fingerprint density at radius 3 is 0.910 bits per heavy atom. The van der Waals surface area contributed by atoms with Crippen molar-refractivity contribution in [3.63, 3.8) is 0 Å². The van der Waals surface area contributed by atoms with Gasteiger partial charge in [-0.15, -0.1) is 0 Å². The number of rotatable bonds is 67. The first-order chi connectivity index (χ1) is 38.5. The maximum Gasteiger partial charge on any atom is 0.305 e. The Bertz CT molecular complexity index is 1220. The highest BCUT2D eigenvalue weighted by Crippen LogP contribution is 2.19. The molecule has 0 bridgehead atoms. The highest BCUT2D eigenvalue weighted by atomic mass is 16.5. The predicted octanol–water partition coefficient (Wildman–Crippen LogP) is 22.9. The highest BCUT2D eigenvalue weighted by Gasteiger charge is 2.20. The lowest BCUT2D eigenvalue weighted by Crippen LogP contribution is -2.45. The number of amides is 1. The number of hydrogen-bond donors (Lipinski definition) is 3. The number of carbonyl (C=O) groups excluding carboxylic acids is 2. The molecule has 0 aromatic carbocycles. The van der Waals surface area contributed by atoms with Crippen LogP contribution in [-0.2, 0) is 14.3 Å². The zero-order valence-electron chi connectivity index (χ0n) is 52.9. The van der Waals surface area contributed by atoms with Gasteiger partial charge in [-0.2, -0.15) is 0 Å². The summed E-state index contributed by atoms with van der Waals surface area (Å²) in [6, 6.07) is -0.539. The Morgan fingerprint density at radius 2 is 0.603 bits per heavy atom. The standard InChI is InChI=1S/C72H139NO5/c1-3-5-7-9-11-13-15-17-36-40-44-48-52-56-60-64-70(75)69(68-74)73-71(76)65-61-57-53-49-45-41-38-34-32-30-28-26-24-22-20-19-21-23-25-27-29-31-33-35-39-43-47-51-55-59-63-67-78-72(77)66-62-58-54-50-46-42-37-18-16-14-12-10-8-6-4-2/h18,21,23,37,69-70,74-75H,3-17,19-20,22,24-36,38-68H2,1-2H3,(H,73,76)/b23-21-,37-18-. The lowest BCUT2D eigenvalue weighted by atomic mass is 10.0. The van der Waals surface area contributed by atoms with Crippen LogP contribution in [0.25, 0.3) is 0 Å². The summed E-state index contributed by atoms with van der Waals surface area (Å²) in [5, 5.41) is 23.3. The average molecular weight is 1100 g/mol.